The van der Waals surface area contributed by atoms with Crippen LogP contribution in [-0.4, -0.2) is 33.3 Å². The van der Waals surface area contributed by atoms with Crippen molar-refractivity contribution in [1.29, 1.82) is 0 Å². The summed E-state index contributed by atoms with van der Waals surface area (Å²) in [5, 5.41) is 3.16. The van der Waals surface area contributed by atoms with Gasteiger partial charge in [0.2, 0.25) is 10.0 Å². The normalized spacial score (nSPS) is 23.7. The summed E-state index contributed by atoms with van der Waals surface area (Å²) >= 11 is 0. The van der Waals surface area contributed by atoms with E-state index in [1.54, 1.807) is 4.31 Å². The first-order valence-electron chi connectivity index (χ1n) is 6.22. The van der Waals surface area contributed by atoms with Gasteiger partial charge in [-0.15, -0.1) is 0 Å². The van der Waals surface area contributed by atoms with Gasteiger partial charge in [-0.3, -0.25) is 4.31 Å². The van der Waals surface area contributed by atoms with Crippen LogP contribution in [0.1, 0.15) is 18.1 Å². The number of rotatable bonds is 1. The maximum atomic E-state index is 12.3. The van der Waals surface area contributed by atoms with Crippen LogP contribution in [0.15, 0.2) is 18.2 Å². The summed E-state index contributed by atoms with van der Waals surface area (Å²) in [4.78, 5) is 0. The summed E-state index contributed by atoms with van der Waals surface area (Å²) in [6.07, 6.45) is 0. The average Bonchev–Trinajstić information content (AvgIpc) is 2.41. The molecule has 0 aliphatic carbocycles. The van der Waals surface area contributed by atoms with Gasteiger partial charge in [0.15, 0.2) is 0 Å². The van der Waals surface area contributed by atoms with Crippen molar-refractivity contribution in [2.75, 3.05) is 23.1 Å². The summed E-state index contributed by atoms with van der Waals surface area (Å²) in [5.74, 6) is 0.157. The predicted octanol–water partition coefficient (Wildman–Crippen LogP) is 1.43. The zero-order valence-electron chi connectivity index (χ0n) is 11.1. The summed E-state index contributed by atoms with van der Waals surface area (Å²) in [5.41, 5.74) is 3.07. The quantitative estimate of drug-likeness (QED) is 0.838. The Morgan fingerprint density at radius 1 is 1.28 bits per heavy atom. The zero-order chi connectivity index (χ0) is 13.3. The molecule has 1 atom stereocenters. The smallest absolute Gasteiger partial charge is 0.236 e. The van der Waals surface area contributed by atoms with Crippen LogP contribution in [0.3, 0.4) is 0 Å². The molecule has 1 unspecified atom stereocenters. The highest BCUT2D eigenvalue weighted by Gasteiger charge is 2.29. The molecule has 1 saturated heterocycles. The van der Waals surface area contributed by atoms with Crippen LogP contribution in [0.4, 0.5) is 5.69 Å². The van der Waals surface area contributed by atoms with Crippen molar-refractivity contribution in [3.05, 3.63) is 29.3 Å². The summed E-state index contributed by atoms with van der Waals surface area (Å²) in [6, 6.07) is 5.77. The SMILES string of the molecule is Cc1ccc(N2C(C)CNCCS2(=O)=O)cc1C. The molecular formula is C13H20N2O2S. The molecule has 1 aromatic carbocycles. The van der Waals surface area contributed by atoms with Crippen LogP contribution in [-0.2, 0) is 10.0 Å². The van der Waals surface area contributed by atoms with Crippen LogP contribution in [0.25, 0.3) is 0 Å². The second kappa shape index (κ2) is 4.90. The van der Waals surface area contributed by atoms with Crippen molar-refractivity contribution in [3.63, 3.8) is 0 Å². The first-order valence-corrected chi connectivity index (χ1v) is 7.83. The van der Waals surface area contributed by atoms with Crippen LogP contribution in [0.2, 0.25) is 0 Å². The molecule has 0 spiro atoms. The minimum Gasteiger partial charge on any atom is -0.314 e. The Bertz CT molecular complexity index is 540. The van der Waals surface area contributed by atoms with E-state index in [-0.39, 0.29) is 11.8 Å². The van der Waals surface area contributed by atoms with Gasteiger partial charge in [-0.05, 0) is 44.0 Å². The molecule has 0 radical (unpaired) electrons. The minimum atomic E-state index is -3.22. The van der Waals surface area contributed by atoms with Crippen molar-refractivity contribution in [3.8, 4) is 0 Å². The molecule has 100 valence electrons. The van der Waals surface area contributed by atoms with E-state index in [2.05, 4.69) is 5.32 Å². The van der Waals surface area contributed by atoms with Gasteiger partial charge in [0, 0.05) is 13.1 Å². The lowest BCUT2D eigenvalue weighted by atomic mass is 10.1. The van der Waals surface area contributed by atoms with Crippen molar-refractivity contribution in [1.82, 2.24) is 5.32 Å². The lowest BCUT2D eigenvalue weighted by Crippen LogP contribution is -2.41. The van der Waals surface area contributed by atoms with Crippen molar-refractivity contribution >= 4 is 15.7 Å². The molecular weight excluding hydrogens is 248 g/mol. The summed E-state index contributed by atoms with van der Waals surface area (Å²) in [6.45, 7) is 7.18. The van der Waals surface area contributed by atoms with Crippen LogP contribution in [0, 0.1) is 13.8 Å². The third-order valence-electron chi connectivity index (χ3n) is 3.42. The monoisotopic (exact) mass is 268 g/mol. The maximum Gasteiger partial charge on any atom is 0.236 e. The summed E-state index contributed by atoms with van der Waals surface area (Å²) < 4.78 is 26.1. The fourth-order valence-corrected chi connectivity index (χ4v) is 3.90. The van der Waals surface area contributed by atoms with Gasteiger partial charge in [-0.1, -0.05) is 6.07 Å². The molecule has 1 aliphatic heterocycles. The van der Waals surface area contributed by atoms with Crippen LogP contribution in [0.5, 0.6) is 0 Å². The van der Waals surface area contributed by atoms with E-state index < -0.39 is 10.0 Å². The number of nitrogens with one attached hydrogen (secondary N) is 1. The van der Waals surface area contributed by atoms with E-state index >= 15 is 0 Å². The molecule has 1 aliphatic rings. The van der Waals surface area contributed by atoms with Gasteiger partial charge in [0.25, 0.3) is 0 Å². The van der Waals surface area contributed by atoms with E-state index in [1.807, 2.05) is 39.0 Å². The second-order valence-corrected chi connectivity index (χ2v) is 6.90. The number of aryl methyl sites for hydroxylation is 2. The van der Waals surface area contributed by atoms with E-state index in [0.29, 0.717) is 13.1 Å². The maximum absolute atomic E-state index is 12.3. The predicted molar refractivity (Wildman–Crippen MR) is 74.5 cm³/mol. The number of benzene rings is 1. The highest BCUT2D eigenvalue weighted by atomic mass is 32.2. The molecule has 5 heteroatoms. The Hall–Kier alpha value is -1.07. The lowest BCUT2D eigenvalue weighted by Gasteiger charge is -2.28. The Labute approximate surface area is 109 Å². The van der Waals surface area contributed by atoms with Gasteiger partial charge >= 0.3 is 0 Å². The van der Waals surface area contributed by atoms with Crippen molar-refractivity contribution < 1.29 is 8.42 Å². The molecule has 0 bridgehead atoms. The highest BCUT2D eigenvalue weighted by molar-refractivity contribution is 7.92. The Morgan fingerprint density at radius 3 is 2.67 bits per heavy atom. The lowest BCUT2D eigenvalue weighted by molar-refractivity contribution is 0.586. The van der Waals surface area contributed by atoms with Gasteiger partial charge in [0.05, 0.1) is 17.5 Å². The minimum absolute atomic E-state index is 0.0559. The summed E-state index contributed by atoms with van der Waals surface area (Å²) in [7, 11) is -3.22. The highest BCUT2D eigenvalue weighted by Crippen LogP contribution is 2.24. The Balaban J connectivity index is 2.47. The average molecular weight is 268 g/mol. The number of hydrogen-bond acceptors (Lipinski definition) is 3. The number of hydrogen-bond donors (Lipinski definition) is 1. The first kappa shape index (κ1) is 13.4. The molecule has 4 nitrogen and oxygen atoms in total. The fraction of sp³-hybridized carbons (Fsp3) is 0.538. The fourth-order valence-electron chi connectivity index (χ4n) is 2.25. The topological polar surface area (TPSA) is 49.4 Å². The molecule has 1 N–H and O–H groups in total. The third-order valence-corrected chi connectivity index (χ3v) is 5.31. The van der Waals surface area contributed by atoms with Crippen LogP contribution >= 0.6 is 0 Å². The largest absolute Gasteiger partial charge is 0.314 e. The first-order chi connectivity index (χ1) is 8.42. The van der Waals surface area contributed by atoms with E-state index in [9.17, 15) is 8.42 Å². The Kier molecular flexibility index (Phi) is 3.64. The van der Waals surface area contributed by atoms with Crippen molar-refractivity contribution in [2.24, 2.45) is 0 Å². The molecule has 18 heavy (non-hydrogen) atoms. The van der Waals surface area contributed by atoms with Crippen molar-refractivity contribution in [2.45, 2.75) is 26.8 Å². The van der Waals surface area contributed by atoms with Gasteiger partial charge in [0.1, 0.15) is 0 Å². The zero-order valence-corrected chi connectivity index (χ0v) is 11.9. The third kappa shape index (κ3) is 2.52. The van der Waals surface area contributed by atoms with Gasteiger partial charge in [-0.25, -0.2) is 8.42 Å². The van der Waals surface area contributed by atoms with E-state index in [0.717, 1.165) is 11.3 Å². The van der Waals surface area contributed by atoms with E-state index in [1.165, 1.54) is 5.56 Å². The molecule has 0 amide bonds. The molecule has 0 saturated carbocycles. The number of sulfonamides is 1. The number of anilines is 1. The van der Waals surface area contributed by atoms with E-state index in [4.69, 9.17) is 0 Å². The molecule has 1 fully saturated rings. The van der Waals surface area contributed by atoms with Gasteiger partial charge in [-0.2, -0.15) is 0 Å². The molecule has 2 rings (SSSR count). The Morgan fingerprint density at radius 2 is 2.00 bits per heavy atom. The van der Waals surface area contributed by atoms with Gasteiger partial charge < -0.3 is 5.32 Å². The second-order valence-electron chi connectivity index (χ2n) is 4.93. The molecule has 0 aromatic heterocycles. The van der Waals surface area contributed by atoms with Crippen LogP contribution < -0.4 is 9.62 Å². The standard InChI is InChI=1S/C13H20N2O2S/c1-10-4-5-13(8-11(10)2)15-12(3)9-14-6-7-18(15,16)17/h4-5,8,12,14H,6-7,9H2,1-3H3. The molecule has 1 heterocycles. The molecule has 1 aromatic rings. The number of nitrogens with zero attached hydrogens (tertiary/aromatic N) is 1.